The fourth-order valence-electron chi connectivity index (χ4n) is 2.81. The monoisotopic (exact) mass is 514 g/mol. The number of amides is 1. The summed E-state index contributed by atoms with van der Waals surface area (Å²) in [5.74, 6) is -0.450. The summed E-state index contributed by atoms with van der Waals surface area (Å²) < 4.78 is 25.7. The molecule has 1 N–H and O–H groups in total. The molecule has 0 aliphatic heterocycles. The molecule has 3 rings (SSSR count). The van der Waals surface area contributed by atoms with Crippen LogP contribution in [-0.2, 0) is 11.4 Å². The van der Waals surface area contributed by atoms with Crippen molar-refractivity contribution in [3.8, 4) is 17.6 Å². The number of carbonyl (C=O) groups is 1. The first-order chi connectivity index (χ1) is 15.4. The van der Waals surface area contributed by atoms with Gasteiger partial charge in [0.2, 0.25) is 0 Å². The van der Waals surface area contributed by atoms with Crippen molar-refractivity contribution in [2.24, 2.45) is 0 Å². The lowest BCUT2D eigenvalue weighted by atomic mass is 10.1. The first-order valence-electron chi connectivity index (χ1n) is 9.33. The van der Waals surface area contributed by atoms with Crippen LogP contribution in [0, 0.1) is 17.1 Å². The molecule has 0 saturated heterocycles. The van der Waals surface area contributed by atoms with Crippen LogP contribution < -0.4 is 14.8 Å². The molecule has 0 saturated carbocycles. The SMILES string of the molecule is COc1cc(/C=C(/C#N)C(=O)Nc2cccc(Br)c2)cc(Cl)c1OCc1ccccc1F. The Morgan fingerprint density at radius 2 is 2.00 bits per heavy atom. The Morgan fingerprint density at radius 3 is 2.69 bits per heavy atom. The van der Waals surface area contributed by atoms with E-state index in [0.29, 0.717) is 16.8 Å². The van der Waals surface area contributed by atoms with Gasteiger partial charge in [-0.25, -0.2) is 4.39 Å². The van der Waals surface area contributed by atoms with Gasteiger partial charge in [0.05, 0.1) is 12.1 Å². The molecule has 32 heavy (non-hydrogen) atoms. The highest BCUT2D eigenvalue weighted by Gasteiger charge is 2.15. The third-order valence-corrected chi connectivity index (χ3v) is 5.11. The van der Waals surface area contributed by atoms with Crippen molar-refractivity contribution in [1.29, 1.82) is 5.26 Å². The standard InChI is InChI=1S/C24H17BrClFN2O3/c1-31-22-11-15(9-17(13-28)24(30)29-19-7-4-6-18(25)12-19)10-20(26)23(22)32-14-16-5-2-3-8-21(16)27/h2-12H,14H2,1H3,(H,29,30)/b17-9-. The topological polar surface area (TPSA) is 71.3 Å². The molecule has 3 aromatic rings. The van der Waals surface area contributed by atoms with E-state index in [1.807, 2.05) is 12.1 Å². The number of nitrogens with zero attached hydrogens (tertiary/aromatic N) is 1. The number of carbonyl (C=O) groups excluding carboxylic acids is 1. The number of nitrogens with one attached hydrogen (secondary N) is 1. The summed E-state index contributed by atoms with van der Waals surface area (Å²) >= 11 is 9.69. The molecule has 0 spiro atoms. The van der Waals surface area contributed by atoms with E-state index in [4.69, 9.17) is 21.1 Å². The van der Waals surface area contributed by atoms with Crippen molar-refractivity contribution in [2.45, 2.75) is 6.61 Å². The summed E-state index contributed by atoms with van der Waals surface area (Å²) in [7, 11) is 1.43. The van der Waals surface area contributed by atoms with Crippen molar-refractivity contribution in [3.63, 3.8) is 0 Å². The number of benzene rings is 3. The third kappa shape index (κ3) is 5.88. The summed E-state index contributed by atoms with van der Waals surface area (Å²) in [5.41, 5.74) is 1.25. The predicted octanol–water partition coefficient (Wildman–Crippen LogP) is 6.37. The van der Waals surface area contributed by atoms with Gasteiger partial charge >= 0.3 is 0 Å². The van der Waals surface area contributed by atoms with Gasteiger partial charge in [-0.3, -0.25) is 4.79 Å². The summed E-state index contributed by atoms with van der Waals surface area (Å²) in [5, 5.41) is 12.3. The maximum atomic E-state index is 13.9. The molecule has 0 radical (unpaired) electrons. The number of methoxy groups -OCH3 is 1. The summed E-state index contributed by atoms with van der Waals surface area (Å²) in [4.78, 5) is 12.5. The van der Waals surface area contributed by atoms with E-state index in [9.17, 15) is 14.4 Å². The van der Waals surface area contributed by atoms with Crippen LogP contribution in [0.2, 0.25) is 5.02 Å². The fraction of sp³-hybridized carbons (Fsp3) is 0.0833. The van der Waals surface area contributed by atoms with E-state index < -0.39 is 11.7 Å². The molecule has 0 heterocycles. The van der Waals surface area contributed by atoms with Crippen molar-refractivity contribution in [3.05, 3.63) is 92.7 Å². The van der Waals surface area contributed by atoms with Crippen molar-refractivity contribution < 1.29 is 18.7 Å². The van der Waals surface area contributed by atoms with E-state index in [0.717, 1.165) is 4.47 Å². The van der Waals surface area contributed by atoms with Gasteiger partial charge in [0.15, 0.2) is 11.5 Å². The minimum atomic E-state index is -0.569. The Balaban J connectivity index is 1.83. The van der Waals surface area contributed by atoms with E-state index in [1.165, 1.54) is 25.3 Å². The quantitative estimate of drug-likeness (QED) is 0.293. The van der Waals surface area contributed by atoms with Crippen LogP contribution in [0.5, 0.6) is 11.5 Å². The Labute approximate surface area is 198 Å². The number of halogens is 3. The normalized spacial score (nSPS) is 10.9. The van der Waals surface area contributed by atoms with Crippen molar-refractivity contribution in [2.75, 3.05) is 12.4 Å². The fourth-order valence-corrected chi connectivity index (χ4v) is 3.48. The highest BCUT2D eigenvalue weighted by atomic mass is 79.9. The number of anilines is 1. The molecule has 0 aliphatic carbocycles. The first-order valence-corrected chi connectivity index (χ1v) is 10.5. The maximum absolute atomic E-state index is 13.9. The lowest BCUT2D eigenvalue weighted by Crippen LogP contribution is -2.13. The molecular formula is C24H17BrClFN2O3. The van der Waals surface area contributed by atoms with Gasteiger partial charge < -0.3 is 14.8 Å². The van der Waals surface area contributed by atoms with Crippen LogP contribution >= 0.6 is 27.5 Å². The molecule has 162 valence electrons. The van der Waals surface area contributed by atoms with Gasteiger partial charge in [-0.15, -0.1) is 0 Å². The Bertz CT molecular complexity index is 1220. The average Bonchev–Trinajstić information content (AvgIpc) is 2.77. The molecular weight excluding hydrogens is 499 g/mol. The molecule has 1 amide bonds. The largest absolute Gasteiger partial charge is 0.493 e. The van der Waals surface area contributed by atoms with Crippen LogP contribution in [0.1, 0.15) is 11.1 Å². The Kier molecular flexibility index (Phi) is 7.87. The highest BCUT2D eigenvalue weighted by molar-refractivity contribution is 9.10. The van der Waals surface area contributed by atoms with Gasteiger partial charge in [0.25, 0.3) is 5.91 Å². The zero-order valence-corrected chi connectivity index (χ0v) is 19.2. The summed E-state index contributed by atoms with van der Waals surface area (Å²) in [6.07, 6.45) is 1.39. The van der Waals surface area contributed by atoms with Crippen LogP contribution in [0.25, 0.3) is 6.08 Å². The van der Waals surface area contributed by atoms with Gasteiger partial charge in [-0.1, -0.05) is 51.8 Å². The van der Waals surface area contributed by atoms with E-state index >= 15 is 0 Å². The van der Waals surface area contributed by atoms with Crippen LogP contribution in [0.4, 0.5) is 10.1 Å². The smallest absolute Gasteiger partial charge is 0.266 e. The second-order valence-corrected chi connectivity index (χ2v) is 7.87. The van der Waals surface area contributed by atoms with Gasteiger partial charge in [-0.05, 0) is 48.0 Å². The lowest BCUT2D eigenvalue weighted by molar-refractivity contribution is -0.112. The number of hydrogen-bond acceptors (Lipinski definition) is 4. The summed E-state index contributed by atoms with van der Waals surface area (Å²) in [6, 6.07) is 18.3. The van der Waals surface area contributed by atoms with E-state index in [-0.39, 0.29) is 28.7 Å². The molecule has 5 nitrogen and oxygen atoms in total. The zero-order chi connectivity index (χ0) is 23.1. The maximum Gasteiger partial charge on any atom is 0.266 e. The van der Waals surface area contributed by atoms with Crippen LogP contribution in [0.3, 0.4) is 0 Å². The Morgan fingerprint density at radius 1 is 1.22 bits per heavy atom. The molecule has 0 aromatic heterocycles. The van der Waals surface area contributed by atoms with Crippen molar-refractivity contribution in [1.82, 2.24) is 0 Å². The van der Waals surface area contributed by atoms with Crippen molar-refractivity contribution >= 4 is 45.2 Å². The molecule has 0 fully saturated rings. The number of hydrogen-bond donors (Lipinski definition) is 1. The van der Waals surface area contributed by atoms with Crippen LogP contribution in [0.15, 0.2) is 70.7 Å². The first kappa shape index (κ1) is 23.3. The molecule has 0 bridgehead atoms. The zero-order valence-electron chi connectivity index (χ0n) is 16.9. The average molecular weight is 516 g/mol. The minimum absolute atomic E-state index is 0.0452. The second kappa shape index (κ2) is 10.8. The number of ether oxygens (including phenoxy) is 2. The predicted molar refractivity (Wildman–Crippen MR) is 125 cm³/mol. The van der Waals surface area contributed by atoms with Gasteiger partial charge in [0, 0.05) is 15.7 Å². The summed E-state index contributed by atoms with van der Waals surface area (Å²) in [6.45, 7) is -0.0452. The molecule has 0 aliphatic rings. The minimum Gasteiger partial charge on any atom is -0.493 e. The highest BCUT2D eigenvalue weighted by Crippen LogP contribution is 2.37. The number of nitriles is 1. The third-order valence-electron chi connectivity index (χ3n) is 4.34. The molecule has 3 aromatic carbocycles. The molecule has 0 unspecified atom stereocenters. The van der Waals surface area contributed by atoms with Gasteiger partial charge in [-0.2, -0.15) is 5.26 Å². The van der Waals surface area contributed by atoms with Gasteiger partial charge in [0.1, 0.15) is 24.1 Å². The van der Waals surface area contributed by atoms with E-state index in [2.05, 4.69) is 21.2 Å². The van der Waals surface area contributed by atoms with Crippen LogP contribution in [-0.4, -0.2) is 13.0 Å². The number of rotatable bonds is 7. The van der Waals surface area contributed by atoms with E-state index in [1.54, 1.807) is 42.5 Å². The molecule has 8 heteroatoms. The lowest BCUT2D eigenvalue weighted by Gasteiger charge is -2.14. The molecule has 0 atom stereocenters. The second-order valence-electron chi connectivity index (χ2n) is 6.55. The Hall–Kier alpha value is -3.34.